The minimum Gasteiger partial charge on any atom is -0.677 e. The molecule has 12 heavy (non-hydrogen) atoms. The van der Waals surface area contributed by atoms with Crippen molar-refractivity contribution in [1.29, 1.82) is 0 Å². The summed E-state index contributed by atoms with van der Waals surface area (Å²) in [5.74, 6) is 0. The maximum atomic E-state index is 7.23. The fraction of sp³-hybridized carbons (Fsp3) is 1.00. The van der Waals surface area contributed by atoms with Crippen LogP contribution in [0.1, 0.15) is 25.7 Å². The van der Waals surface area contributed by atoms with Crippen molar-refractivity contribution in [3.63, 3.8) is 0 Å². The number of hydrogen-bond acceptors (Lipinski definition) is 0. The Morgan fingerprint density at radius 3 is 1.58 bits per heavy atom. The molecule has 0 aromatic rings. The maximum absolute atomic E-state index is 7.23. The van der Waals surface area contributed by atoms with E-state index in [0.29, 0.717) is 13.1 Å². The second kappa shape index (κ2) is 7.58. The predicted octanol–water partition coefficient (Wildman–Crippen LogP) is 4.03. The van der Waals surface area contributed by atoms with E-state index in [1.807, 2.05) is 0 Å². The summed E-state index contributed by atoms with van der Waals surface area (Å²) in [5, 5.41) is 0. The summed E-state index contributed by atoms with van der Waals surface area (Å²) in [7, 11) is 9.75. The number of halogens is 2. The molecule has 0 amide bonds. The minimum atomic E-state index is -0.472. The van der Waals surface area contributed by atoms with Crippen molar-refractivity contribution in [3.05, 3.63) is 11.5 Å². The van der Waals surface area contributed by atoms with Crippen LogP contribution in [0.4, 0.5) is 0 Å². The van der Waals surface area contributed by atoms with Gasteiger partial charge in [-0.25, -0.2) is 0 Å². The summed E-state index contributed by atoms with van der Waals surface area (Å²) in [5.41, 5.74) is 14.6. The maximum Gasteiger partial charge on any atom is -0.0509 e. The predicted molar refractivity (Wildman–Crippen MR) is 51.0 cm³/mol. The van der Waals surface area contributed by atoms with E-state index < -0.39 is 16.5 Å². The summed E-state index contributed by atoms with van der Waals surface area (Å²) < 4.78 is 0. The molecule has 2 N–H and O–H groups in total. The van der Waals surface area contributed by atoms with E-state index in [2.05, 4.69) is 0 Å². The van der Waals surface area contributed by atoms with Gasteiger partial charge in [0.25, 0.3) is 0 Å². The summed E-state index contributed by atoms with van der Waals surface area (Å²) in [6, 6.07) is 0. The first-order chi connectivity index (χ1) is 5.74. The molecule has 0 aliphatic heterocycles. The quantitative estimate of drug-likeness (QED) is 0.682. The monoisotopic (exact) mass is 391 g/mol. The Morgan fingerprint density at radius 1 is 1.08 bits per heavy atom. The van der Waals surface area contributed by atoms with Crippen LogP contribution in [0.2, 0.25) is 0 Å². The third kappa shape index (κ3) is 4.43. The second-order valence-electron chi connectivity index (χ2n) is 3.11. The molecule has 0 aromatic heterocycles. The zero-order valence-corrected chi connectivity index (χ0v) is 10.6. The van der Waals surface area contributed by atoms with Crippen molar-refractivity contribution in [2.75, 3.05) is 13.1 Å². The molecule has 0 radical (unpaired) electrons. The molecule has 0 bridgehead atoms. The van der Waals surface area contributed by atoms with Gasteiger partial charge in [0.1, 0.15) is 0 Å². The molecule has 0 unspecified atom stereocenters. The minimum absolute atomic E-state index is 0.111. The molecular weight excluding hydrogens is 378 g/mol. The molecule has 0 heterocycles. The molecule has 1 aliphatic carbocycles. The van der Waals surface area contributed by atoms with Crippen molar-refractivity contribution >= 4 is 18.8 Å². The molecular formula is C7H14Cl2N2Pt. The van der Waals surface area contributed by atoms with Crippen LogP contribution < -0.4 is 0 Å². The van der Waals surface area contributed by atoms with E-state index >= 15 is 0 Å². The van der Waals surface area contributed by atoms with Crippen LogP contribution in [0.3, 0.4) is 0 Å². The van der Waals surface area contributed by atoms with Crippen LogP contribution in [0.5, 0.6) is 0 Å². The van der Waals surface area contributed by atoms with E-state index in [1.54, 1.807) is 0 Å². The zero-order chi connectivity index (χ0) is 9.45. The van der Waals surface area contributed by atoms with Crippen LogP contribution in [0, 0.1) is 5.41 Å². The summed E-state index contributed by atoms with van der Waals surface area (Å²) in [4.78, 5) is 0. The summed E-state index contributed by atoms with van der Waals surface area (Å²) in [6.07, 6.45) is 4.75. The Morgan fingerprint density at radius 2 is 1.42 bits per heavy atom. The number of rotatable bonds is 2. The van der Waals surface area contributed by atoms with Gasteiger partial charge in [-0.15, -0.1) is 13.1 Å². The SMILES string of the molecule is [Cl][Pt+2][Cl].[NH-]CC1(C[NH-])CCCC1. The Balaban J connectivity index is 0.000000354. The van der Waals surface area contributed by atoms with Gasteiger partial charge in [-0.1, -0.05) is 31.1 Å². The Kier molecular flexibility index (Phi) is 8.33. The molecule has 2 nitrogen and oxygen atoms in total. The van der Waals surface area contributed by atoms with Gasteiger partial charge in [0.2, 0.25) is 0 Å². The van der Waals surface area contributed by atoms with Gasteiger partial charge in [0, 0.05) is 0 Å². The van der Waals surface area contributed by atoms with E-state index in [1.165, 1.54) is 12.8 Å². The molecule has 1 rings (SSSR count). The largest absolute Gasteiger partial charge is 0.677 e. The van der Waals surface area contributed by atoms with Gasteiger partial charge in [-0.05, 0) is 0 Å². The average Bonchev–Trinajstić information content (AvgIpc) is 2.55. The van der Waals surface area contributed by atoms with Crippen LogP contribution >= 0.6 is 18.8 Å². The molecule has 1 saturated carbocycles. The smallest absolute Gasteiger partial charge is 0.0509 e. The Bertz CT molecular complexity index is 102. The van der Waals surface area contributed by atoms with Gasteiger partial charge in [-0.3, -0.25) is 0 Å². The molecule has 0 saturated heterocycles. The third-order valence-electron chi connectivity index (χ3n) is 2.41. The first-order valence-corrected chi connectivity index (χ1v) is 9.49. The standard InChI is InChI=1S/C7H14N2.2ClH.Pt/c8-5-7(6-9)3-1-2-4-7;;;/h8-9H,1-6H2;2*1H;/q-2;;;+4/p-2. The van der Waals surface area contributed by atoms with Crippen LogP contribution in [0.25, 0.3) is 11.5 Å². The van der Waals surface area contributed by atoms with Crippen LogP contribution in [-0.2, 0) is 16.5 Å². The van der Waals surface area contributed by atoms with Gasteiger partial charge >= 0.3 is 35.3 Å². The summed E-state index contributed by atoms with van der Waals surface area (Å²) >= 11 is -0.472. The molecule has 0 spiro atoms. The molecule has 0 atom stereocenters. The molecule has 5 heteroatoms. The number of nitrogens with one attached hydrogen (secondary N) is 2. The normalized spacial score (nSPS) is 20.3. The van der Waals surface area contributed by atoms with Crippen LogP contribution in [-0.4, -0.2) is 13.1 Å². The van der Waals surface area contributed by atoms with Crippen molar-refractivity contribution in [1.82, 2.24) is 0 Å². The fourth-order valence-corrected chi connectivity index (χ4v) is 1.54. The molecule has 1 aliphatic rings. The van der Waals surface area contributed by atoms with Crippen molar-refractivity contribution < 1.29 is 16.5 Å². The first-order valence-electron chi connectivity index (χ1n) is 3.86. The topological polar surface area (TPSA) is 47.6 Å². The molecule has 0 aromatic carbocycles. The van der Waals surface area contributed by atoms with E-state index in [-0.39, 0.29) is 5.41 Å². The van der Waals surface area contributed by atoms with Crippen molar-refractivity contribution in [2.24, 2.45) is 5.41 Å². The summed E-state index contributed by atoms with van der Waals surface area (Å²) in [6.45, 7) is 0.938. The number of hydrogen-bond donors (Lipinski definition) is 0. The van der Waals surface area contributed by atoms with E-state index in [4.69, 9.17) is 30.3 Å². The van der Waals surface area contributed by atoms with Crippen molar-refractivity contribution in [3.8, 4) is 0 Å². The van der Waals surface area contributed by atoms with Gasteiger partial charge in [-0.2, -0.15) is 0 Å². The van der Waals surface area contributed by atoms with E-state index in [9.17, 15) is 0 Å². The molecule has 1 fully saturated rings. The molecule has 76 valence electrons. The average molecular weight is 392 g/mol. The Hall–Kier alpha value is 1.19. The first kappa shape index (κ1) is 13.2. The Labute approximate surface area is 90.7 Å². The van der Waals surface area contributed by atoms with Gasteiger partial charge in [0.15, 0.2) is 0 Å². The van der Waals surface area contributed by atoms with Gasteiger partial charge < -0.3 is 11.5 Å². The van der Waals surface area contributed by atoms with Crippen molar-refractivity contribution in [2.45, 2.75) is 25.7 Å². The van der Waals surface area contributed by atoms with Gasteiger partial charge in [0.05, 0.1) is 0 Å². The fourth-order valence-electron chi connectivity index (χ4n) is 1.54. The second-order valence-corrected chi connectivity index (χ2v) is 6.39. The zero-order valence-electron chi connectivity index (χ0n) is 6.81. The van der Waals surface area contributed by atoms with E-state index in [0.717, 1.165) is 12.8 Å². The van der Waals surface area contributed by atoms with Crippen LogP contribution in [0.15, 0.2) is 0 Å². The third-order valence-corrected chi connectivity index (χ3v) is 2.41.